The van der Waals surface area contributed by atoms with Crippen LogP contribution < -0.4 is 15.0 Å². The van der Waals surface area contributed by atoms with E-state index in [2.05, 4.69) is 17.2 Å². The number of methoxy groups -OCH3 is 1. The van der Waals surface area contributed by atoms with E-state index in [0.717, 1.165) is 53.2 Å². The molecular formula is C31H33N3O3. The number of hydrogen-bond acceptors (Lipinski definition) is 5. The molecule has 1 N–H and O–H groups in total. The molecule has 1 amide bonds. The van der Waals surface area contributed by atoms with Gasteiger partial charge in [-0.1, -0.05) is 50.1 Å². The zero-order chi connectivity index (χ0) is 25.8. The van der Waals surface area contributed by atoms with Crippen molar-refractivity contribution in [2.24, 2.45) is 0 Å². The van der Waals surface area contributed by atoms with Crippen LogP contribution in [0.25, 0.3) is 0 Å². The summed E-state index contributed by atoms with van der Waals surface area (Å²) in [5.41, 5.74) is 5.12. The third-order valence-electron chi connectivity index (χ3n) is 7.34. The maximum Gasteiger partial charge on any atom is 0.227 e. The fraction of sp³-hybridized carbons (Fsp3) is 0.323. The first-order valence-electron chi connectivity index (χ1n) is 13.1. The van der Waals surface area contributed by atoms with Gasteiger partial charge in [0.05, 0.1) is 24.5 Å². The normalized spacial score (nSPS) is 19.0. The molecule has 190 valence electrons. The number of benzene rings is 2. The Labute approximate surface area is 218 Å². The standard InChI is InChI=1S/C31H33N3O3/c1-3-4-5-12-29(36)34-27-11-7-6-10-25(27)33-26-18-23(21-13-15-24(37-2)16-14-21)19-28(35)30(26)31(34)22-9-8-17-32-20-22/h6-11,13-17,20,23,31,33H,3-5,12,18-19H2,1-2H3. The predicted octanol–water partition coefficient (Wildman–Crippen LogP) is 6.57. The zero-order valence-corrected chi connectivity index (χ0v) is 21.4. The molecule has 1 aliphatic carbocycles. The molecule has 0 saturated carbocycles. The number of para-hydroxylation sites is 2. The lowest BCUT2D eigenvalue weighted by atomic mass is 9.78. The molecule has 2 heterocycles. The van der Waals surface area contributed by atoms with Crippen molar-refractivity contribution < 1.29 is 14.3 Å². The number of fused-ring (bicyclic) bond motifs is 1. The van der Waals surface area contributed by atoms with E-state index in [4.69, 9.17) is 4.74 Å². The Morgan fingerprint density at radius 2 is 1.84 bits per heavy atom. The van der Waals surface area contributed by atoms with Crippen molar-refractivity contribution in [3.63, 3.8) is 0 Å². The Bertz CT molecular complexity index is 1300. The molecule has 37 heavy (non-hydrogen) atoms. The number of amides is 1. The summed E-state index contributed by atoms with van der Waals surface area (Å²) in [7, 11) is 1.65. The molecule has 0 bridgehead atoms. The van der Waals surface area contributed by atoms with Crippen LogP contribution in [0.1, 0.15) is 68.5 Å². The van der Waals surface area contributed by atoms with Crippen LogP contribution >= 0.6 is 0 Å². The molecule has 1 aliphatic heterocycles. The van der Waals surface area contributed by atoms with E-state index in [1.807, 2.05) is 65.6 Å². The summed E-state index contributed by atoms with van der Waals surface area (Å²) < 4.78 is 5.32. The molecule has 6 heteroatoms. The summed E-state index contributed by atoms with van der Waals surface area (Å²) >= 11 is 0. The molecule has 0 spiro atoms. The summed E-state index contributed by atoms with van der Waals surface area (Å²) in [6.45, 7) is 2.13. The highest BCUT2D eigenvalue weighted by Crippen LogP contribution is 2.47. The van der Waals surface area contributed by atoms with Crippen LogP contribution in [0, 0.1) is 0 Å². The highest BCUT2D eigenvalue weighted by atomic mass is 16.5. The van der Waals surface area contributed by atoms with E-state index in [1.54, 1.807) is 19.5 Å². The number of hydrogen-bond donors (Lipinski definition) is 1. The van der Waals surface area contributed by atoms with Crippen LogP contribution in [0.4, 0.5) is 11.4 Å². The van der Waals surface area contributed by atoms with Gasteiger partial charge in [-0.2, -0.15) is 0 Å². The summed E-state index contributed by atoms with van der Waals surface area (Å²) in [6.07, 6.45) is 7.85. The number of carbonyl (C=O) groups is 2. The van der Waals surface area contributed by atoms with Gasteiger partial charge in [-0.3, -0.25) is 19.5 Å². The van der Waals surface area contributed by atoms with Gasteiger partial charge in [0.25, 0.3) is 0 Å². The number of unbranched alkanes of at least 4 members (excludes halogenated alkanes) is 2. The fourth-order valence-corrected chi connectivity index (χ4v) is 5.48. The molecule has 2 aromatic carbocycles. The smallest absolute Gasteiger partial charge is 0.227 e. The topological polar surface area (TPSA) is 71.5 Å². The molecule has 5 rings (SSSR count). The van der Waals surface area contributed by atoms with E-state index >= 15 is 0 Å². The molecular weight excluding hydrogens is 462 g/mol. The molecule has 2 aliphatic rings. The van der Waals surface area contributed by atoms with Gasteiger partial charge in [0, 0.05) is 36.5 Å². The average Bonchev–Trinajstić information content (AvgIpc) is 3.08. The van der Waals surface area contributed by atoms with E-state index in [1.165, 1.54) is 0 Å². The first-order chi connectivity index (χ1) is 18.1. The minimum Gasteiger partial charge on any atom is -0.497 e. The summed E-state index contributed by atoms with van der Waals surface area (Å²) in [4.78, 5) is 34.0. The molecule has 0 fully saturated rings. The minimum absolute atomic E-state index is 0.0235. The number of aromatic nitrogens is 1. The lowest BCUT2D eigenvalue weighted by Gasteiger charge is -2.35. The molecule has 0 radical (unpaired) electrons. The van der Waals surface area contributed by atoms with Gasteiger partial charge in [-0.25, -0.2) is 0 Å². The van der Waals surface area contributed by atoms with Crippen LogP contribution in [0.5, 0.6) is 5.75 Å². The van der Waals surface area contributed by atoms with Crippen molar-refractivity contribution >= 4 is 23.1 Å². The van der Waals surface area contributed by atoms with Gasteiger partial charge in [0.1, 0.15) is 5.75 Å². The highest BCUT2D eigenvalue weighted by molar-refractivity contribution is 6.06. The van der Waals surface area contributed by atoms with Crippen molar-refractivity contribution in [2.75, 3.05) is 17.3 Å². The summed E-state index contributed by atoms with van der Waals surface area (Å²) in [5.74, 6) is 0.914. The van der Waals surface area contributed by atoms with E-state index in [0.29, 0.717) is 24.8 Å². The lowest BCUT2D eigenvalue weighted by molar-refractivity contribution is -0.119. The van der Waals surface area contributed by atoms with Crippen molar-refractivity contribution in [3.05, 3.63) is 95.5 Å². The lowest BCUT2D eigenvalue weighted by Crippen LogP contribution is -2.38. The zero-order valence-electron chi connectivity index (χ0n) is 21.4. The number of nitrogens with zero attached hydrogens (tertiary/aromatic N) is 2. The van der Waals surface area contributed by atoms with Crippen molar-refractivity contribution in [1.29, 1.82) is 0 Å². The number of nitrogens with one attached hydrogen (secondary N) is 1. The van der Waals surface area contributed by atoms with Crippen LogP contribution in [0.15, 0.2) is 84.3 Å². The van der Waals surface area contributed by atoms with Crippen LogP contribution in [0.2, 0.25) is 0 Å². The largest absolute Gasteiger partial charge is 0.497 e. The van der Waals surface area contributed by atoms with Crippen molar-refractivity contribution in [1.82, 2.24) is 4.98 Å². The Hall–Kier alpha value is -3.93. The van der Waals surface area contributed by atoms with Crippen LogP contribution in [-0.2, 0) is 9.59 Å². The van der Waals surface area contributed by atoms with Gasteiger partial charge in [0.15, 0.2) is 5.78 Å². The first kappa shape index (κ1) is 24.8. The third kappa shape index (κ3) is 5.01. The molecule has 1 aromatic heterocycles. The van der Waals surface area contributed by atoms with Crippen LogP contribution in [-0.4, -0.2) is 23.8 Å². The monoisotopic (exact) mass is 495 g/mol. The van der Waals surface area contributed by atoms with Gasteiger partial charge < -0.3 is 10.1 Å². The Balaban J connectivity index is 1.62. The minimum atomic E-state index is -0.529. The Morgan fingerprint density at radius 3 is 2.57 bits per heavy atom. The van der Waals surface area contributed by atoms with E-state index in [-0.39, 0.29) is 17.6 Å². The van der Waals surface area contributed by atoms with Crippen LogP contribution in [0.3, 0.4) is 0 Å². The number of ketones is 1. The number of pyridine rings is 1. The SMILES string of the molecule is CCCCCC(=O)N1c2ccccc2NC2=C(C(=O)CC(c3ccc(OC)cc3)C2)C1c1cccnc1. The fourth-order valence-electron chi connectivity index (χ4n) is 5.48. The number of anilines is 2. The van der Waals surface area contributed by atoms with Gasteiger partial charge in [-0.15, -0.1) is 0 Å². The third-order valence-corrected chi connectivity index (χ3v) is 7.34. The summed E-state index contributed by atoms with van der Waals surface area (Å²) in [6, 6.07) is 19.1. The van der Waals surface area contributed by atoms with E-state index < -0.39 is 6.04 Å². The van der Waals surface area contributed by atoms with Crippen molar-refractivity contribution in [2.45, 2.75) is 57.4 Å². The van der Waals surface area contributed by atoms with E-state index in [9.17, 15) is 9.59 Å². The maximum absolute atomic E-state index is 14.0. The Kier molecular flexibility index (Phi) is 7.35. The van der Waals surface area contributed by atoms with Crippen molar-refractivity contribution in [3.8, 4) is 5.75 Å². The summed E-state index contributed by atoms with van der Waals surface area (Å²) in [5, 5.41) is 3.59. The average molecular weight is 496 g/mol. The van der Waals surface area contributed by atoms with Gasteiger partial charge >= 0.3 is 0 Å². The number of ether oxygens (including phenoxy) is 1. The maximum atomic E-state index is 14.0. The highest BCUT2D eigenvalue weighted by Gasteiger charge is 2.41. The van der Waals surface area contributed by atoms with Gasteiger partial charge in [-0.05, 0) is 60.2 Å². The number of rotatable bonds is 7. The molecule has 3 aromatic rings. The quantitative estimate of drug-likeness (QED) is 0.375. The second kappa shape index (κ2) is 11.0. The molecule has 0 saturated heterocycles. The molecule has 2 atom stereocenters. The first-order valence-corrected chi connectivity index (χ1v) is 13.1. The molecule has 2 unspecified atom stereocenters. The van der Waals surface area contributed by atoms with Gasteiger partial charge in [0.2, 0.25) is 5.91 Å². The Morgan fingerprint density at radius 1 is 1.03 bits per heavy atom. The second-order valence-electron chi connectivity index (χ2n) is 9.75. The molecule has 6 nitrogen and oxygen atoms in total. The predicted molar refractivity (Wildman–Crippen MR) is 146 cm³/mol. The number of carbonyl (C=O) groups excluding carboxylic acids is 2. The number of allylic oxidation sites excluding steroid dienone is 1. The second-order valence-corrected chi connectivity index (χ2v) is 9.75. The number of Topliss-reactive ketones (excluding diaryl/α,β-unsaturated/α-hetero) is 1.